The first-order valence-electron chi connectivity index (χ1n) is 6.81. The lowest BCUT2D eigenvalue weighted by Crippen LogP contribution is -2.00. The highest BCUT2D eigenvalue weighted by atomic mass is 32.1. The Labute approximate surface area is 128 Å². The minimum Gasteiger partial charge on any atom is -0.293 e. The SMILES string of the molecule is Cc1ccc(-c2ccc(C(=O)Cc3ccncc3)s2)cc1. The number of ketones is 1. The van der Waals surface area contributed by atoms with E-state index in [9.17, 15) is 4.79 Å². The number of pyridine rings is 1. The lowest BCUT2D eigenvalue weighted by Gasteiger charge is -1.99. The second kappa shape index (κ2) is 6.02. The van der Waals surface area contributed by atoms with Crippen molar-refractivity contribution in [3.63, 3.8) is 0 Å². The molecule has 0 atom stereocenters. The van der Waals surface area contributed by atoms with Crippen molar-refractivity contribution in [2.75, 3.05) is 0 Å². The Morgan fingerprint density at radius 1 is 1.00 bits per heavy atom. The summed E-state index contributed by atoms with van der Waals surface area (Å²) in [4.78, 5) is 18.2. The van der Waals surface area contributed by atoms with Gasteiger partial charge >= 0.3 is 0 Å². The van der Waals surface area contributed by atoms with Gasteiger partial charge in [-0.2, -0.15) is 0 Å². The first-order chi connectivity index (χ1) is 10.2. The lowest BCUT2D eigenvalue weighted by molar-refractivity contribution is 0.0997. The summed E-state index contributed by atoms with van der Waals surface area (Å²) in [6.45, 7) is 2.07. The van der Waals surface area contributed by atoms with Gasteiger partial charge in [-0.3, -0.25) is 9.78 Å². The van der Waals surface area contributed by atoms with Gasteiger partial charge < -0.3 is 0 Å². The fourth-order valence-corrected chi connectivity index (χ4v) is 3.08. The molecule has 2 aromatic heterocycles. The fraction of sp³-hybridized carbons (Fsp3) is 0.111. The highest BCUT2D eigenvalue weighted by molar-refractivity contribution is 7.17. The van der Waals surface area contributed by atoms with E-state index < -0.39 is 0 Å². The average Bonchev–Trinajstić information content (AvgIpc) is 2.99. The molecule has 0 aliphatic carbocycles. The Morgan fingerprint density at radius 3 is 2.43 bits per heavy atom. The molecular formula is C18H15NOS. The van der Waals surface area contributed by atoms with Crippen LogP contribution in [0.25, 0.3) is 10.4 Å². The summed E-state index contributed by atoms with van der Waals surface area (Å²) in [7, 11) is 0. The number of carbonyl (C=O) groups is 1. The van der Waals surface area contributed by atoms with Crippen molar-refractivity contribution in [2.24, 2.45) is 0 Å². The van der Waals surface area contributed by atoms with Crippen molar-refractivity contribution in [1.82, 2.24) is 4.98 Å². The maximum atomic E-state index is 12.3. The van der Waals surface area contributed by atoms with Gasteiger partial charge in [0.15, 0.2) is 5.78 Å². The summed E-state index contributed by atoms with van der Waals surface area (Å²) >= 11 is 1.55. The zero-order valence-corrected chi connectivity index (χ0v) is 12.6. The molecule has 0 amide bonds. The lowest BCUT2D eigenvalue weighted by atomic mass is 10.1. The van der Waals surface area contributed by atoms with E-state index in [1.165, 1.54) is 5.56 Å². The van der Waals surface area contributed by atoms with Gasteiger partial charge in [-0.15, -0.1) is 11.3 Å². The molecule has 0 saturated carbocycles. The van der Waals surface area contributed by atoms with Crippen LogP contribution in [-0.4, -0.2) is 10.8 Å². The van der Waals surface area contributed by atoms with E-state index >= 15 is 0 Å². The van der Waals surface area contributed by atoms with Crippen LogP contribution in [0.3, 0.4) is 0 Å². The molecular weight excluding hydrogens is 278 g/mol. The zero-order valence-electron chi connectivity index (χ0n) is 11.7. The second-order valence-electron chi connectivity index (χ2n) is 4.99. The van der Waals surface area contributed by atoms with Gasteiger partial charge in [-0.05, 0) is 42.3 Å². The number of benzene rings is 1. The molecule has 3 rings (SSSR count). The van der Waals surface area contributed by atoms with E-state index in [4.69, 9.17) is 0 Å². The van der Waals surface area contributed by atoms with Crippen LogP contribution in [-0.2, 0) is 6.42 Å². The summed E-state index contributed by atoms with van der Waals surface area (Å²) < 4.78 is 0. The predicted molar refractivity (Wildman–Crippen MR) is 86.8 cm³/mol. The first-order valence-corrected chi connectivity index (χ1v) is 7.63. The van der Waals surface area contributed by atoms with E-state index in [0.717, 1.165) is 20.9 Å². The molecule has 0 fully saturated rings. The molecule has 1 aromatic carbocycles. The third kappa shape index (κ3) is 3.26. The van der Waals surface area contributed by atoms with Crippen molar-refractivity contribution < 1.29 is 4.79 Å². The molecule has 2 nitrogen and oxygen atoms in total. The molecule has 0 bridgehead atoms. The number of thiophene rings is 1. The maximum Gasteiger partial charge on any atom is 0.177 e. The van der Waals surface area contributed by atoms with Gasteiger partial charge in [0.1, 0.15) is 0 Å². The second-order valence-corrected chi connectivity index (χ2v) is 6.07. The summed E-state index contributed by atoms with van der Waals surface area (Å²) in [5.41, 5.74) is 3.40. The van der Waals surface area contributed by atoms with E-state index in [1.54, 1.807) is 23.7 Å². The Kier molecular flexibility index (Phi) is 3.93. The predicted octanol–water partition coefficient (Wildman–Crippen LogP) is 4.54. The van der Waals surface area contributed by atoms with Gasteiger partial charge in [0.05, 0.1) is 4.88 Å². The molecule has 2 heterocycles. The van der Waals surface area contributed by atoms with Gasteiger partial charge in [0.2, 0.25) is 0 Å². The van der Waals surface area contributed by atoms with Crippen LogP contribution in [0.5, 0.6) is 0 Å². The highest BCUT2D eigenvalue weighted by Crippen LogP contribution is 2.29. The number of rotatable bonds is 4. The van der Waals surface area contributed by atoms with Crippen LogP contribution in [0.15, 0.2) is 60.9 Å². The standard InChI is InChI=1S/C18H15NOS/c1-13-2-4-15(5-3-13)17-6-7-18(21-17)16(20)12-14-8-10-19-11-9-14/h2-11H,12H2,1H3. The fourth-order valence-electron chi connectivity index (χ4n) is 2.13. The molecule has 3 aromatic rings. The number of hydrogen-bond acceptors (Lipinski definition) is 3. The first kappa shape index (κ1) is 13.7. The van der Waals surface area contributed by atoms with Crippen molar-refractivity contribution in [2.45, 2.75) is 13.3 Å². The Morgan fingerprint density at radius 2 is 1.71 bits per heavy atom. The topological polar surface area (TPSA) is 30.0 Å². The third-order valence-corrected chi connectivity index (χ3v) is 4.51. The minimum absolute atomic E-state index is 0.157. The van der Waals surface area contributed by atoms with Crippen LogP contribution in [0.1, 0.15) is 20.8 Å². The number of aryl methyl sites for hydroxylation is 1. The molecule has 0 aliphatic heterocycles. The Balaban J connectivity index is 1.78. The maximum absolute atomic E-state index is 12.3. The van der Waals surface area contributed by atoms with E-state index in [-0.39, 0.29) is 5.78 Å². The number of aromatic nitrogens is 1. The van der Waals surface area contributed by atoms with Crippen molar-refractivity contribution in [3.05, 3.63) is 76.9 Å². The number of hydrogen-bond donors (Lipinski definition) is 0. The molecule has 0 saturated heterocycles. The van der Waals surface area contributed by atoms with Crippen molar-refractivity contribution >= 4 is 17.1 Å². The van der Waals surface area contributed by atoms with E-state index in [0.29, 0.717) is 6.42 Å². The zero-order chi connectivity index (χ0) is 14.7. The van der Waals surface area contributed by atoms with Gasteiger partial charge in [-0.25, -0.2) is 0 Å². The minimum atomic E-state index is 0.157. The Bertz CT molecular complexity index is 744. The number of carbonyl (C=O) groups excluding carboxylic acids is 1. The van der Waals surface area contributed by atoms with Crippen LogP contribution in [0.4, 0.5) is 0 Å². The monoisotopic (exact) mass is 293 g/mol. The molecule has 3 heteroatoms. The van der Waals surface area contributed by atoms with E-state index in [1.807, 2.05) is 24.3 Å². The summed E-state index contributed by atoms with van der Waals surface area (Å²) in [6.07, 6.45) is 3.86. The van der Waals surface area contributed by atoms with Crippen molar-refractivity contribution in [1.29, 1.82) is 0 Å². The Hall–Kier alpha value is -2.26. The van der Waals surface area contributed by atoms with Gasteiger partial charge in [-0.1, -0.05) is 29.8 Å². The number of nitrogens with zero attached hydrogens (tertiary/aromatic N) is 1. The molecule has 0 N–H and O–H groups in total. The molecule has 21 heavy (non-hydrogen) atoms. The summed E-state index contributed by atoms with van der Waals surface area (Å²) in [5, 5.41) is 0. The third-order valence-electron chi connectivity index (χ3n) is 3.33. The number of Topliss-reactive ketones (excluding diaryl/α,β-unsaturated/α-hetero) is 1. The van der Waals surface area contributed by atoms with Gasteiger partial charge in [0.25, 0.3) is 0 Å². The molecule has 104 valence electrons. The summed E-state index contributed by atoms with van der Waals surface area (Å²) in [6, 6.07) is 16.1. The molecule has 0 aliphatic rings. The van der Waals surface area contributed by atoms with E-state index in [2.05, 4.69) is 36.2 Å². The summed E-state index contributed by atoms with van der Waals surface area (Å²) in [5.74, 6) is 0.157. The normalized spacial score (nSPS) is 10.5. The molecule has 0 spiro atoms. The largest absolute Gasteiger partial charge is 0.293 e. The van der Waals surface area contributed by atoms with Crippen LogP contribution >= 0.6 is 11.3 Å². The van der Waals surface area contributed by atoms with Crippen LogP contribution < -0.4 is 0 Å². The van der Waals surface area contributed by atoms with Crippen LogP contribution in [0, 0.1) is 6.92 Å². The van der Waals surface area contributed by atoms with Gasteiger partial charge in [0, 0.05) is 23.7 Å². The van der Waals surface area contributed by atoms with Crippen molar-refractivity contribution in [3.8, 4) is 10.4 Å². The average molecular weight is 293 g/mol. The smallest absolute Gasteiger partial charge is 0.177 e. The highest BCUT2D eigenvalue weighted by Gasteiger charge is 2.11. The molecule has 0 radical (unpaired) electrons. The molecule has 0 unspecified atom stereocenters. The quantitative estimate of drug-likeness (QED) is 0.661. The van der Waals surface area contributed by atoms with Crippen LogP contribution in [0.2, 0.25) is 0 Å².